The van der Waals surface area contributed by atoms with Crippen molar-refractivity contribution in [2.45, 2.75) is 4.90 Å². The smallest absolute Gasteiger partial charge is 0.176 e. The molecule has 0 aliphatic rings. The summed E-state index contributed by atoms with van der Waals surface area (Å²) in [6.07, 6.45) is 1.18. The van der Waals surface area contributed by atoms with Crippen molar-refractivity contribution < 1.29 is 8.42 Å². The molecule has 0 bridgehead atoms. The van der Waals surface area contributed by atoms with Gasteiger partial charge in [0, 0.05) is 15.5 Å². The number of nitrogens with two attached hydrogens (primary N) is 1. The van der Waals surface area contributed by atoms with Crippen LogP contribution in [0, 0.1) is 3.57 Å². The van der Waals surface area contributed by atoms with Gasteiger partial charge < -0.3 is 5.73 Å². The molecular formula is C7H8INO2S. The molecule has 5 heteroatoms. The van der Waals surface area contributed by atoms with Gasteiger partial charge in [0.2, 0.25) is 0 Å². The minimum Gasteiger partial charge on any atom is -0.399 e. The van der Waals surface area contributed by atoms with E-state index >= 15 is 0 Å². The van der Waals surface area contributed by atoms with Gasteiger partial charge in [0.25, 0.3) is 0 Å². The summed E-state index contributed by atoms with van der Waals surface area (Å²) in [4.78, 5) is 0.331. The van der Waals surface area contributed by atoms with E-state index in [1.54, 1.807) is 12.1 Å². The molecular weight excluding hydrogens is 289 g/mol. The van der Waals surface area contributed by atoms with Crippen LogP contribution in [0.25, 0.3) is 0 Å². The predicted octanol–water partition coefficient (Wildman–Crippen LogP) is 1.28. The SMILES string of the molecule is CS(=O)(=O)c1ccc(N)cc1I. The van der Waals surface area contributed by atoms with Crippen LogP contribution in [0.5, 0.6) is 0 Å². The molecule has 0 fully saturated rings. The minimum absolute atomic E-state index is 0.331. The summed E-state index contributed by atoms with van der Waals surface area (Å²) in [5.41, 5.74) is 6.05. The molecule has 0 saturated heterocycles. The second kappa shape index (κ2) is 3.21. The monoisotopic (exact) mass is 297 g/mol. The second-order valence-electron chi connectivity index (χ2n) is 2.46. The fourth-order valence-electron chi connectivity index (χ4n) is 0.818. The Morgan fingerprint density at radius 3 is 2.42 bits per heavy atom. The summed E-state index contributed by atoms with van der Waals surface area (Å²) in [5, 5.41) is 0. The highest BCUT2D eigenvalue weighted by Crippen LogP contribution is 2.20. The number of hydrogen-bond acceptors (Lipinski definition) is 3. The first-order valence-electron chi connectivity index (χ1n) is 3.16. The Morgan fingerprint density at radius 1 is 1.42 bits per heavy atom. The number of anilines is 1. The zero-order valence-corrected chi connectivity index (χ0v) is 9.39. The summed E-state index contributed by atoms with van der Waals surface area (Å²) < 4.78 is 22.9. The van der Waals surface area contributed by atoms with E-state index in [1.165, 1.54) is 12.3 Å². The number of halogens is 1. The fourth-order valence-corrected chi connectivity index (χ4v) is 3.29. The average molecular weight is 297 g/mol. The molecule has 1 aromatic rings. The molecule has 1 rings (SSSR count). The summed E-state index contributed by atoms with van der Waals surface area (Å²) >= 11 is 1.95. The van der Waals surface area contributed by atoms with E-state index in [2.05, 4.69) is 0 Å². The van der Waals surface area contributed by atoms with Gasteiger partial charge in [-0.25, -0.2) is 8.42 Å². The molecule has 0 heterocycles. The lowest BCUT2D eigenvalue weighted by Gasteiger charge is -2.01. The van der Waals surface area contributed by atoms with Crippen molar-refractivity contribution in [2.75, 3.05) is 12.0 Å². The second-order valence-corrected chi connectivity index (χ2v) is 5.61. The van der Waals surface area contributed by atoms with E-state index in [0.717, 1.165) is 0 Å². The highest BCUT2D eigenvalue weighted by molar-refractivity contribution is 14.1. The summed E-state index contributed by atoms with van der Waals surface area (Å²) in [5.74, 6) is 0. The molecule has 1 aromatic carbocycles. The Kier molecular flexibility index (Phi) is 2.62. The van der Waals surface area contributed by atoms with Crippen LogP contribution in [-0.2, 0) is 9.84 Å². The van der Waals surface area contributed by atoms with Crippen LogP contribution >= 0.6 is 22.6 Å². The Bertz CT molecular complexity index is 400. The first-order chi connectivity index (χ1) is 5.41. The number of benzene rings is 1. The highest BCUT2D eigenvalue weighted by Gasteiger charge is 2.10. The number of hydrogen-bond donors (Lipinski definition) is 1. The van der Waals surface area contributed by atoms with Gasteiger partial charge in [-0.2, -0.15) is 0 Å². The van der Waals surface area contributed by atoms with Crippen LogP contribution in [0.3, 0.4) is 0 Å². The molecule has 0 saturated carbocycles. The molecule has 0 amide bonds. The van der Waals surface area contributed by atoms with Crippen LogP contribution in [0.15, 0.2) is 23.1 Å². The zero-order chi connectivity index (χ0) is 9.35. The van der Waals surface area contributed by atoms with Crippen molar-refractivity contribution in [3.63, 3.8) is 0 Å². The van der Waals surface area contributed by atoms with Crippen molar-refractivity contribution in [3.05, 3.63) is 21.8 Å². The normalized spacial score (nSPS) is 11.5. The summed E-state index contributed by atoms with van der Waals surface area (Å²) in [6.45, 7) is 0. The van der Waals surface area contributed by atoms with E-state index in [9.17, 15) is 8.42 Å². The lowest BCUT2D eigenvalue weighted by atomic mass is 10.3. The van der Waals surface area contributed by atoms with Crippen molar-refractivity contribution in [1.82, 2.24) is 0 Å². The summed E-state index contributed by atoms with van der Waals surface area (Å²) in [7, 11) is -3.11. The highest BCUT2D eigenvalue weighted by atomic mass is 127. The maximum atomic E-state index is 11.1. The van der Waals surface area contributed by atoms with E-state index < -0.39 is 9.84 Å². The van der Waals surface area contributed by atoms with Gasteiger partial charge >= 0.3 is 0 Å². The molecule has 3 nitrogen and oxygen atoms in total. The zero-order valence-electron chi connectivity index (χ0n) is 6.41. The maximum Gasteiger partial charge on any atom is 0.176 e. The van der Waals surface area contributed by atoms with Crippen molar-refractivity contribution in [1.29, 1.82) is 0 Å². The maximum absolute atomic E-state index is 11.1. The van der Waals surface area contributed by atoms with E-state index in [-0.39, 0.29) is 0 Å². The standard InChI is InChI=1S/C7H8INO2S/c1-12(10,11)7-3-2-5(9)4-6(7)8/h2-4H,9H2,1H3. The predicted molar refractivity (Wildman–Crippen MR) is 56.7 cm³/mol. The largest absolute Gasteiger partial charge is 0.399 e. The summed E-state index contributed by atoms with van der Waals surface area (Å²) in [6, 6.07) is 4.74. The first-order valence-corrected chi connectivity index (χ1v) is 6.13. The Balaban J connectivity index is 3.39. The molecule has 12 heavy (non-hydrogen) atoms. The van der Waals surface area contributed by atoms with Crippen LogP contribution in [0.1, 0.15) is 0 Å². The van der Waals surface area contributed by atoms with Crippen LogP contribution < -0.4 is 5.73 Å². The first kappa shape index (κ1) is 9.79. The van der Waals surface area contributed by atoms with Gasteiger partial charge in [-0.1, -0.05) is 0 Å². The molecule has 0 spiro atoms. The van der Waals surface area contributed by atoms with E-state index in [0.29, 0.717) is 14.2 Å². The van der Waals surface area contributed by atoms with Crippen molar-refractivity contribution in [3.8, 4) is 0 Å². The third-order valence-corrected chi connectivity index (χ3v) is 3.77. The van der Waals surface area contributed by atoms with Crippen LogP contribution in [0.4, 0.5) is 5.69 Å². The topological polar surface area (TPSA) is 60.2 Å². The average Bonchev–Trinajstić information content (AvgIpc) is 1.83. The van der Waals surface area contributed by atoms with Gasteiger partial charge in [0.1, 0.15) is 0 Å². The molecule has 0 atom stereocenters. The Hall–Kier alpha value is -0.300. The van der Waals surface area contributed by atoms with Crippen molar-refractivity contribution >= 4 is 38.1 Å². The quantitative estimate of drug-likeness (QED) is 0.627. The van der Waals surface area contributed by atoms with Gasteiger partial charge in [0.15, 0.2) is 9.84 Å². The van der Waals surface area contributed by atoms with E-state index in [1.807, 2.05) is 22.6 Å². The third-order valence-electron chi connectivity index (χ3n) is 1.36. The Labute approximate surface area is 85.0 Å². The Morgan fingerprint density at radius 2 is 2.00 bits per heavy atom. The molecule has 0 aliphatic heterocycles. The molecule has 0 aromatic heterocycles. The third kappa shape index (κ3) is 2.10. The number of rotatable bonds is 1. The van der Waals surface area contributed by atoms with Gasteiger partial charge in [-0.15, -0.1) is 0 Å². The fraction of sp³-hybridized carbons (Fsp3) is 0.143. The molecule has 2 N–H and O–H groups in total. The number of nitrogen functional groups attached to an aromatic ring is 1. The van der Waals surface area contributed by atoms with Crippen LogP contribution in [-0.4, -0.2) is 14.7 Å². The van der Waals surface area contributed by atoms with Gasteiger partial charge in [-0.05, 0) is 40.8 Å². The van der Waals surface area contributed by atoms with Gasteiger partial charge in [-0.3, -0.25) is 0 Å². The molecule has 66 valence electrons. The minimum atomic E-state index is -3.11. The lowest BCUT2D eigenvalue weighted by Crippen LogP contribution is -2.00. The number of sulfone groups is 1. The van der Waals surface area contributed by atoms with Crippen molar-refractivity contribution in [2.24, 2.45) is 0 Å². The molecule has 0 radical (unpaired) electrons. The van der Waals surface area contributed by atoms with E-state index in [4.69, 9.17) is 5.73 Å². The lowest BCUT2D eigenvalue weighted by molar-refractivity contribution is 0.601. The van der Waals surface area contributed by atoms with Gasteiger partial charge in [0.05, 0.1) is 4.90 Å². The molecule has 0 aliphatic carbocycles. The van der Waals surface area contributed by atoms with Crippen LogP contribution in [0.2, 0.25) is 0 Å². The molecule has 0 unspecified atom stereocenters.